The van der Waals surface area contributed by atoms with E-state index < -0.39 is 0 Å². The maximum absolute atomic E-state index is 13.2. The minimum absolute atomic E-state index is 0.0359. The SMILES string of the molecule is O=C(Cc1cccc(F)c1)NCC(=O)N1CCN(Cc2nnc3n2CCCCC3)CC1. The summed E-state index contributed by atoms with van der Waals surface area (Å²) in [5, 5.41) is 11.4. The van der Waals surface area contributed by atoms with E-state index in [0.29, 0.717) is 18.7 Å². The number of amides is 2. The first-order valence-electron chi connectivity index (χ1n) is 11.0. The summed E-state index contributed by atoms with van der Waals surface area (Å²) in [4.78, 5) is 28.6. The summed E-state index contributed by atoms with van der Waals surface area (Å²) in [6.07, 6.45) is 4.65. The van der Waals surface area contributed by atoms with Gasteiger partial charge < -0.3 is 14.8 Å². The molecule has 1 aromatic heterocycles. The quantitative estimate of drug-likeness (QED) is 0.746. The van der Waals surface area contributed by atoms with E-state index in [0.717, 1.165) is 44.2 Å². The lowest BCUT2D eigenvalue weighted by molar-refractivity contribution is -0.134. The summed E-state index contributed by atoms with van der Waals surface area (Å²) in [5.41, 5.74) is 0.588. The topological polar surface area (TPSA) is 83.4 Å². The van der Waals surface area contributed by atoms with Gasteiger partial charge in [0.25, 0.3) is 0 Å². The second-order valence-electron chi connectivity index (χ2n) is 8.24. The number of aromatic nitrogens is 3. The van der Waals surface area contributed by atoms with Crippen LogP contribution in [0.15, 0.2) is 24.3 Å². The van der Waals surface area contributed by atoms with Gasteiger partial charge in [-0.25, -0.2) is 4.39 Å². The molecule has 0 spiro atoms. The molecular formula is C22H29FN6O2. The number of nitrogens with one attached hydrogen (secondary N) is 1. The Balaban J connectivity index is 1.20. The van der Waals surface area contributed by atoms with E-state index in [2.05, 4.69) is 25.0 Å². The standard InChI is InChI=1S/C22H29FN6O2/c23-18-6-4-5-17(13-18)14-21(30)24-15-22(31)28-11-9-27(10-12-28)16-20-26-25-19-7-2-1-3-8-29(19)20/h4-6,13H,1-3,7-12,14-16H2,(H,24,30). The number of hydrogen-bond acceptors (Lipinski definition) is 5. The summed E-state index contributed by atoms with van der Waals surface area (Å²) in [7, 11) is 0. The van der Waals surface area contributed by atoms with E-state index in [4.69, 9.17) is 0 Å². The first kappa shape index (κ1) is 21.4. The summed E-state index contributed by atoms with van der Waals surface area (Å²) in [5.74, 6) is 1.35. The Morgan fingerprint density at radius 2 is 1.87 bits per heavy atom. The van der Waals surface area contributed by atoms with E-state index in [1.165, 1.54) is 31.4 Å². The molecule has 0 atom stereocenters. The predicted octanol–water partition coefficient (Wildman–Crippen LogP) is 1.15. The molecule has 31 heavy (non-hydrogen) atoms. The lowest BCUT2D eigenvalue weighted by Crippen LogP contribution is -2.51. The van der Waals surface area contributed by atoms with Gasteiger partial charge in [0.15, 0.2) is 0 Å². The van der Waals surface area contributed by atoms with Crippen LogP contribution in [0.5, 0.6) is 0 Å². The van der Waals surface area contributed by atoms with E-state index in [1.54, 1.807) is 17.0 Å². The fourth-order valence-corrected chi connectivity index (χ4v) is 4.20. The normalized spacial score (nSPS) is 17.1. The number of piperazine rings is 1. The van der Waals surface area contributed by atoms with Crippen LogP contribution in [0.1, 0.15) is 36.5 Å². The third-order valence-corrected chi connectivity index (χ3v) is 5.97. The number of aryl methyl sites for hydroxylation is 1. The molecule has 1 fully saturated rings. The van der Waals surface area contributed by atoms with Gasteiger partial charge in [-0.1, -0.05) is 18.6 Å². The van der Waals surface area contributed by atoms with Crippen molar-refractivity contribution < 1.29 is 14.0 Å². The molecule has 166 valence electrons. The van der Waals surface area contributed by atoms with Crippen molar-refractivity contribution in [3.63, 3.8) is 0 Å². The highest BCUT2D eigenvalue weighted by atomic mass is 19.1. The molecule has 3 heterocycles. The molecule has 0 bridgehead atoms. The average Bonchev–Trinajstić information content (AvgIpc) is 2.98. The zero-order chi connectivity index (χ0) is 21.6. The highest BCUT2D eigenvalue weighted by Crippen LogP contribution is 2.16. The summed E-state index contributed by atoms with van der Waals surface area (Å²) in [6.45, 7) is 4.49. The van der Waals surface area contributed by atoms with E-state index in [-0.39, 0.29) is 30.6 Å². The first-order chi connectivity index (χ1) is 15.1. The van der Waals surface area contributed by atoms with Crippen LogP contribution in [0.4, 0.5) is 4.39 Å². The third-order valence-electron chi connectivity index (χ3n) is 5.97. The van der Waals surface area contributed by atoms with Gasteiger partial charge in [-0.3, -0.25) is 14.5 Å². The molecule has 0 unspecified atom stereocenters. The molecule has 2 amide bonds. The number of halogens is 1. The van der Waals surface area contributed by atoms with Crippen LogP contribution in [0, 0.1) is 5.82 Å². The molecule has 4 rings (SSSR count). The molecule has 2 aliphatic rings. The number of carbonyl (C=O) groups is 2. The first-order valence-corrected chi connectivity index (χ1v) is 11.0. The van der Waals surface area contributed by atoms with Crippen LogP contribution in [0.25, 0.3) is 0 Å². The Bertz CT molecular complexity index is 922. The van der Waals surface area contributed by atoms with Crippen molar-refractivity contribution >= 4 is 11.8 Å². The molecule has 0 aliphatic carbocycles. The maximum Gasteiger partial charge on any atom is 0.242 e. The Hall–Kier alpha value is -2.81. The molecule has 2 aliphatic heterocycles. The molecule has 8 nitrogen and oxygen atoms in total. The van der Waals surface area contributed by atoms with E-state index in [1.807, 2.05) is 0 Å². The van der Waals surface area contributed by atoms with Crippen molar-refractivity contribution in [1.29, 1.82) is 0 Å². The van der Waals surface area contributed by atoms with Crippen molar-refractivity contribution in [2.75, 3.05) is 32.7 Å². The maximum atomic E-state index is 13.2. The largest absolute Gasteiger partial charge is 0.347 e. The molecule has 1 N–H and O–H groups in total. The molecule has 1 aromatic carbocycles. The number of rotatable bonds is 6. The van der Waals surface area contributed by atoms with Crippen LogP contribution in [-0.2, 0) is 35.5 Å². The number of fused-ring (bicyclic) bond motifs is 1. The predicted molar refractivity (Wildman–Crippen MR) is 113 cm³/mol. The van der Waals surface area contributed by atoms with Gasteiger partial charge in [-0.15, -0.1) is 10.2 Å². The van der Waals surface area contributed by atoms with Crippen molar-refractivity contribution in [1.82, 2.24) is 29.9 Å². The smallest absolute Gasteiger partial charge is 0.242 e. The second-order valence-corrected chi connectivity index (χ2v) is 8.24. The van der Waals surface area contributed by atoms with E-state index >= 15 is 0 Å². The van der Waals surface area contributed by atoms with Crippen molar-refractivity contribution in [2.45, 2.75) is 45.2 Å². The van der Waals surface area contributed by atoms with Crippen molar-refractivity contribution in [3.8, 4) is 0 Å². The Labute approximate surface area is 181 Å². The van der Waals surface area contributed by atoms with Crippen molar-refractivity contribution in [3.05, 3.63) is 47.3 Å². The average molecular weight is 429 g/mol. The van der Waals surface area contributed by atoms with Crippen molar-refractivity contribution in [2.24, 2.45) is 0 Å². The minimum Gasteiger partial charge on any atom is -0.347 e. The molecule has 9 heteroatoms. The van der Waals surface area contributed by atoms with Gasteiger partial charge in [0, 0.05) is 39.1 Å². The van der Waals surface area contributed by atoms with Gasteiger partial charge >= 0.3 is 0 Å². The third kappa shape index (κ3) is 5.66. The minimum atomic E-state index is -0.374. The van der Waals surface area contributed by atoms with Crippen LogP contribution >= 0.6 is 0 Å². The van der Waals surface area contributed by atoms with Gasteiger partial charge in [0.05, 0.1) is 19.5 Å². The summed E-state index contributed by atoms with van der Waals surface area (Å²) >= 11 is 0. The number of benzene rings is 1. The Morgan fingerprint density at radius 3 is 2.68 bits per heavy atom. The van der Waals surface area contributed by atoms with Crippen LogP contribution in [0.3, 0.4) is 0 Å². The fourth-order valence-electron chi connectivity index (χ4n) is 4.20. The Morgan fingerprint density at radius 1 is 1.03 bits per heavy atom. The summed E-state index contributed by atoms with van der Waals surface area (Å²) in [6, 6.07) is 5.93. The molecule has 2 aromatic rings. The highest BCUT2D eigenvalue weighted by molar-refractivity contribution is 5.85. The zero-order valence-corrected chi connectivity index (χ0v) is 17.7. The Kier molecular flexibility index (Phi) is 6.91. The fraction of sp³-hybridized carbons (Fsp3) is 0.545. The van der Waals surface area contributed by atoms with E-state index in [9.17, 15) is 14.0 Å². The summed E-state index contributed by atoms with van der Waals surface area (Å²) < 4.78 is 15.5. The number of hydrogen-bond donors (Lipinski definition) is 1. The lowest BCUT2D eigenvalue weighted by Gasteiger charge is -2.34. The van der Waals surface area contributed by atoms with Gasteiger partial charge in [-0.2, -0.15) is 0 Å². The van der Waals surface area contributed by atoms with Crippen LogP contribution in [-0.4, -0.2) is 69.1 Å². The van der Waals surface area contributed by atoms with Gasteiger partial charge in [-0.05, 0) is 30.5 Å². The molecular weight excluding hydrogens is 399 g/mol. The monoisotopic (exact) mass is 428 g/mol. The molecule has 0 saturated carbocycles. The van der Waals surface area contributed by atoms with Gasteiger partial charge in [0.1, 0.15) is 17.5 Å². The molecule has 1 saturated heterocycles. The number of carbonyl (C=O) groups excluding carboxylic acids is 2. The number of nitrogens with zero attached hydrogens (tertiary/aromatic N) is 5. The van der Waals surface area contributed by atoms with Crippen LogP contribution < -0.4 is 5.32 Å². The second kappa shape index (κ2) is 10.00. The zero-order valence-electron chi connectivity index (χ0n) is 17.7. The lowest BCUT2D eigenvalue weighted by atomic mass is 10.1. The highest BCUT2D eigenvalue weighted by Gasteiger charge is 2.23. The van der Waals surface area contributed by atoms with Gasteiger partial charge in [0.2, 0.25) is 11.8 Å². The van der Waals surface area contributed by atoms with Crippen LogP contribution in [0.2, 0.25) is 0 Å². The molecule has 0 radical (unpaired) electrons.